The lowest BCUT2D eigenvalue weighted by Crippen LogP contribution is -2.40. The van der Waals surface area contributed by atoms with Crippen LogP contribution in [0.25, 0.3) is 0 Å². The van der Waals surface area contributed by atoms with Crippen LogP contribution in [0.3, 0.4) is 0 Å². The van der Waals surface area contributed by atoms with Gasteiger partial charge in [-0.1, -0.05) is 60.7 Å². The normalized spacial score (nSPS) is 17.3. The van der Waals surface area contributed by atoms with Crippen molar-refractivity contribution < 1.29 is 8.42 Å². The Labute approximate surface area is 181 Å². The molecule has 0 bridgehead atoms. The van der Waals surface area contributed by atoms with Crippen molar-refractivity contribution in [2.75, 3.05) is 31.9 Å². The average molecular weight is 428 g/mol. The van der Waals surface area contributed by atoms with E-state index in [1.807, 2.05) is 30.3 Å². The summed E-state index contributed by atoms with van der Waals surface area (Å²) in [4.78, 5) is 7.03. The summed E-state index contributed by atoms with van der Waals surface area (Å²) >= 11 is 0. The zero-order chi connectivity index (χ0) is 21.2. The summed E-state index contributed by atoms with van der Waals surface area (Å²) in [5.41, 5.74) is 2.23. The Morgan fingerprint density at radius 3 is 2.40 bits per heavy atom. The summed E-state index contributed by atoms with van der Waals surface area (Å²) in [5.74, 6) is 1.81. The molecule has 6 heteroatoms. The third-order valence-electron chi connectivity index (χ3n) is 5.39. The van der Waals surface area contributed by atoms with Crippen LogP contribution in [-0.2, 0) is 22.0 Å². The average Bonchev–Trinajstić information content (AvgIpc) is 3.20. The summed E-state index contributed by atoms with van der Waals surface area (Å²) in [6, 6.07) is 20.0. The number of nitrogens with one attached hydrogen (secondary N) is 1. The van der Waals surface area contributed by atoms with Crippen LogP contribution in [0.1, 0.15) is 30.9 Å². The predicted octanol–water partition coefficient (Wildman–Crippen LogP) is 3.52. The van der Waals surface area contributed by atoms with Gasteiger partial charge in [-0.15, -0.1) is 0 Å². The third kappa shape index (κ3) is 7.17. The van der Waals surface area contributed by atoms with Crippen molar-refractivity contribution in [1.82, 2.24) is 10.2 Å². The molecule has 0 amide bonds. The maximum Gasteiger partial charge on any atom is 0.193 e. The van der Waals surface area contributed by atoms with Crippen LogP contribution in [0.15, 0.2) is 65.7 Å². The number of rotatable bonds is 9. The molecule has 2 aromatic carbocycles. The fraction of sp³-hybridized carbons (Fsp3) is 0.458. The summed E-state index contributed by atoms with van der Waals surface area (Å²) < 4.78 is 24.7. The quantitative estimate of drug-likeness (QED) is 0.378. The highest BCUT2D eigenvalue weighted by molar-refractivity contribution is 7.90. The van der Waals surface area contributed by atoms with Crippen molar-refractivity contribution in [1.29, 1.82) is 0 Å². The van der Waals surface area contributed by atoms with Gasteiger partial charge < -0.3 is 10.2 Å². The first-order valence-electron chi connectivity index (χ1n) is 10.9. The Kier molecular flexibility index (Phi) is 8.31. The van der Waals surface area contributed by atoms with E-state index in [0.29, 0.717) is 18.9 Å². The SMILES string of the molecule is CCNC(=NCCCS(=O)(=O)Cc1ccccc1)N1CCC(Cc2ccccc2)C1. The second-order valence-electron chi connectivity index (χ2n) is 7.96. The van der Waals surface area contributed by atoms with E-state index in [0.717, 1.165) is 44.0 Å². The molecule has 0 aromatic heterocycles. The van der Waals surface area contributed by atoms with Crippen LogP contribution in [0, 0.1) is 5.92 Å². The lowest BCUT2D eigenvalue weighted by atomic mass is 9.99. The van der Waals surface area contributed by atoms with Gasteiger partial charge in [-0.25, -0.2) is 8.42 Å². The molecule has 5 nitrogen and oxygen atoms in total. The minimum Gasteiger partial charge on any atom is -0.357 e. The molecule has 1 unspecified atom stereocenters. The van der Waals surface area contributed by atoms with Gasteiger partial charge >= 0.3 is 0 Å². The van der Waals surface area contributed by atoms with Gasteiger partial charge in [-0.3, -0.25) is 4.99 Å². The van der Waals surface area contributed by atoms with Crippen LogP contribution in [0.5, 0.6) is 0 Å². The molecular weight excluding hydrogens is 394 g/mol. The van der Waals surface area contributed by atoms with Gasteiger partial charge in [-0.2, -0.15) is 0 Å². The topological polar surface area (TPSA) is 61.8 Å². The lowest BCUT2D eigenvalue weighted by molar-refractivity contribution is 0.460. The van der Waals surface area contributed by atoms with Crippen LogP contribution in [-0.4, -0.2) is 51.2 Å². The number of hydrogen-bond donors (Lipinski definition) is 1. The minimum atomic E-state index is -3.11. The number of nitrogens with zero attached hydrogens (tertiary/aromatic N) is 2. The number of sulfone groups is 1. The molecule has 1 aliphatic heterocycles. The first kappa shape index (κ1) is 22.3. The fourth-order valence-electron chi connectivity index (χ4n) is 3.93. The highest BCUT2D eigenvalue weighted by Gasteiger charge is 2.25. The second-order valence-corrected chi connectivity index (χ2v) is 10.1. The molecule has 1 saturated heterocycles. The van der Waals surface area contributed by atoms with Gasteiger partial charge in [0.1, 0.15) is 0 Å². The Morgan fingerprint density at radius 2 is 1.73 bits per heavy atom. The maximum absolute atomic E-state index is 12.4. The van der Waals surface area contributed by atoms with Gasteiger partial charge in [0.15, 0.2) is 15.8 Å². The molecule has 3 rings (SSSR count). The molecular formula is C24H33N3O2S. The van der Waals surface area contributed by atoms with Crippen molar-refractivity contribution in [3.05, 3.63) is 71.8 Å². The summed E-state index contributed by atoms with van der Waals surface area (Å²) in [6.07, 6.45) is 2.80. The minimum absolute atomic E-state index is 0.102. The predicted molar refractivity (Wildman–Crippen MR) is 124 cm³/mol. The number of benzene rings is 2. The van der Waals surface area contributed by atoms with Gasteiger partial charge in [-0.05, 0) is 43.2 Å². The Morgan fingerprint density at radius 1 is 1.07 bits per heavy atom. The van der Waals surface area contributed by atoms with Crippen molar-refractivity contribution in [3.8, 4) is 0 Å². The Balaban J connectivity index is 1.48. The van der Waals surface area contributed by atoms with Gasteiger partial charge in [0.05, 0.1) is 11.5 Å². The van der Waals surface area contributed by atoms with Crippen molar-refractivity contribution in [3.63, 3.8) is 0 Å². The zero-order valence-electron chi connectivity index (χ0n) is 17.8. The molecule has 1 aliphatic rings. The van der Waals surface area contributed by atoms with Gasteiger partial charge in [0.25, 0.3) is 0 Å². The summed E-state index contributed by atoms with van der Waals surface area (Å²) in [7, 11) is -3.11. The number of hydrogen-bond acceptors (Lipinski definition) is 3. The standard InChI is InChI=1S/C24H33N3O2S/c1-2-25-24(27-16-14-23(19-27)18-21-10-5-3-6-11-21)26-15-9-17-30(28,29)20-22-12-7-4-8-13-22/h3-8,10-13,23H,2,9,14-20H2,1H3,(H,25,26). The molecule has 30 heavy (non-hydrogen) atoms. The number of likely N-dealkylation sites (tertiary alicyclic amines) is 1. The first-order chi connectivity index (χ1) is 14.6. The fourth-order valence-corrected chi connectivity index (χ4v) is 5.35. The molecule has 0 spiro atoms. The van der Waals surface area contributed by atoms with E-state index in [1.165, 1.54) is 5.56 Å². The van der Waals surface area contributed by atoms with Gasteiger partial charge in [0.2, 0.25) is 0 Å². The van der Waals surface area contributed by atoms with Crippen LogP contribution < -0.4 is 5.32 Å². The molecule has 2 aromatic rings. The second kappa shape index (κ2) is 11.2. The van der Waals surface area contributed by atoms with E-state index in [1.54, 1.807) is 0 Å². The molecule has 1 N–H and O–H groups in total. The number of aliphatic imine (C=N–C) groups is 1. The van der Waals surface area contributed by atoms with Crippen molar-refractivity contribution in [2.45, 2.75) is 31.9 Å². The zero-order valence-corrected chi connectivity index (χ0v) is 18.7. The van der Waals surface area contributed by atoms with E-state index in [-0.39, 0.29) is 11.5 Å². The Bertz CT molecular complexity index is 899. The van der Waals surface area contributed by atoms with E-state index in [2.05, 4.69) is 47.5 Å². The molecule has 0 radical (unpaired) electrons. The van der Waals surface area contributed by atoms with E-state index >= 15 is 0 Å². The Hall–Kier alpha value is -2.34. The van der Waals surface area contributed by atoms with E-state index in [4.69, 9.17) is 4.99 Å². The molecule has 162 valence electrons. The van der Waals surface area contributed by atoms with Crippen molar-refractivity contribution >= 4 is 15.8 Å². The highest BCUT2D eigenvalue weighted by atomic mass is 32.2. The smallest absolute Gasteiger partial charge is 0.193 e. The number of guanidine groups is 1. The molecule has 1 fully saturated rings. The van der Waals surface area contributed by atoms with Crippen LogP contribution in [0.2, 0.25) is 0 Å². The first-order valence-corrected chi connectivity index (χ1v) is 12.7. The third-order valence-corrected chi connectivity index (χ3v) is 7.08. The molecule has 1 atom stereocenters. The largest absolute Gasteiger partial charge is 0.357 e. The maximum atomic E-state index is 12.4. The van der Waals surface area contributed by atoms with E-state index in [9.17, 15) is 8.42 Å². The van der Waals surface area contributed by atoms with Crippen LogP contribution in [0.4, 0.5) is 0 Å². The van der Waals surface area contributed by atoms with Crippen molar-refractivity contribution in [2.24, 2.45) is 10.9 Å². The lowest BCUT2D eigenvalue weighted by Gasteiger charge is -2.21. The summed E-state index contributed by atoms with van der Waals surface area (Å²) in [6.45, 7) is 5.39. The highest BCUT2D eigenvalue weighted by Crippen LogP contribution is 2.21. The molecule has 0 saturated carbocycles. The molecule has 0 aliphatic carbocycles. The summed E-state index contributed by atoms with van der Waals surface area (Å²) in [5, 5.41) is 3.37. The van der Waals surface area contributed by atoms with Crippen LogP contribution >= 0.6 is 0 Å². The monoisotopic (exact) mass is 427 g/mol. The van der Waals surface area contributed by atoms with Gasteiger partial charge in [0, 0.05) is 26.2 Å². The molecule has 1 heterocycles. The van der Waals surface area contributed by atoms with E-state index < -0.39 is 9.84 Å².